The van der Waals surface area contributed by atoms with Crippen LogP contribution >= 0.6 is 0 Å². The summed E-state index contributed by atoms with van der Waals surface area (Å²) in [7, 11) is 0. The summed E-state index contributed by atoms with van der Waals surface area (Å²) in [6, 6.07) is 12.2. The van der Waals surface area contributed by atoms with E-state index in [2.05, 4.69) is 20.9 Å². The Bertz CT molecular complexity index is 835. The Labute approximate surface area is 155 Å². The Balaban J connectivity index is 1.68. The van der Waals surface area contributed by atoms with Crippen molar-refractivity contribution < 1.29 is 18.4 Å². The summed E-state index contributed by atoms with van der Waals surface area (Å²) in [5, 5.41) is 8.15. The molecule has 0 fully saturated rings. The van der Waals surface area contributed by atoms with Gasteiger partial charge in [0.25, 0.3) is 11.8 Å². The minimum absolute atomic E-state index is 0.0984. The summed E-state index contributed by atoms with van der Waals surface area (Å²) in [6.07, 6.45) is 5.94. The Morgan fingerprint density at radius 2 is 1.52 bits per heavy atom. The molecule has 3 aromatic heterocycles. The number of anilines is 1. The summed E-state index contributed by atoms with van der Waals surface area (Å²) < 4.78 is 10.4. The molecule has 0 aliphatic rings. The molecule has 0 aromatic carbocycles. The van der Waals surface area contributed by atoms with Crippen LogP contribution in [0.5, 0.6) is 0 Å². The van der Waals surface area contributed by atoms with Crippen LogP contribution in [0.15, 0.2) is 81.8 Å². The molecule has 0 bridgehead atoms. The van der Waals surface area contributed by atoms with Crippen molar-refractivity contribution >= 4 is 17.6 Å². The van der Waals surface area contributed by atoms with Gasteiger partial charge in [0.1, 0.15) is 22.9 Å². The number of hydrogen-bond acceptors (Lipinski definition) is 6. The first kappa shape index (κ1) is 18.0. The van der Waals surface area contributed by atoms with Crippen molar-refractivity contribution in [3.63, 3.8) is 0 Å². The number of carbonyl (C=O) groups is 2. The van der Waals surface area contributed by atoms with E-state index in [0.717, 1.165) is 0 Å². The molecule has 0 aliphatic carbocycles. The van der Waals surface area contributed by atoms with Crippen molar-refractivity contribution in [2.75, 3.05) is 5.32 Å². The SMILES string of the molecule is O=C(NCc1ccco1)C(=CNc1ccccn1)C(=O)NCc1ccco1. The van der Waals surface area contributed by atoms with Gasteiger partial charge in [-0.05, 0) is 36.4 Å². The molecular formula is C19H18N4O4. The monoisotopic (exact) mass is 366 g/mol. The fourth-order valence-electron chi connectivity index (χ4n) is 2.18. The highest BCUT2D eigenvalue weighted by molar-refractivity contribution is 6.18. The van der Waals surface area contributed by atoms with Crippen molar-refractivity contribution in [3.05, 3.63) is 84.5 Å². The number of pyridine rings is 1. The Kier molecular flexibility index (Phi) is 6.03. The molecular weight excluding hydrogens is 348 g/mol. The van der Waals surface area contributed by atoms with Crippen LogP contribution in [0.2, 0.25) is 0 Å². The number of carbonyl (C=O) groups excluding carboxylic acids is 2. The molecule has 0 unspecified atom stereocenters. The summed E-state index contributed by atoms with van der Waals surface area (Å²) in [6.45, 7) is 0.330. The van der Waals surface area contributed by atoms with Crippen molar-refractivity contribution in [2.24, 2.45) is 0 Å². The van der Waals surface area contributed by atoms with Crippen LogP contribution in [-0.4, -0.2) is 16.8 Å². The van der Waals surface area contributed by atoms with E-state index in [-0.39, 0.29) is 18.7 Å². The molecule has 3 rings (SSSR count). The van der Waals surface area contributed by atoms with Gasteiger partial charge < -0.3 is 24.8 Å². The van der Waals surface area contributed by atoms with Crippen LogP contribution in [0.1, 0.15) is 11.5 Å². The van der Waals surface area contributed by atoms with E-state index in [1.807, 2.05) is 0 Å². The van der Waals surface area contributed by atoms with E-state index >= 15 is 0 Å². The average molecular weight is 366 g/mol. The lowest BCUT2D eigenvalue weighted by Gasteiger charge is -2.09. The van der Waals surface area contributed by atoms with Crippen molar-refractivity contribution in [1.29, 1.82) is 0 Å². The lowest BCUT2D eigenvalue weighted by molar-refractivity contribution is -0.123. The second-order valence-corrected chi connectivity index (χ2v) is 5.44. The average Bonchev–Trinajstić information content (AvgIpc) is 3.39. The van der Waals surface area contributed by atoms with Crippen LogP contribution in [0.4, 0.5) is 5.82 Å². The van der Waals surface area contributed by atoms with Gasteiger partial charge in [-0.2, -0.15) is 0 Å². The smallest absolute Gasteiger partial charge is 0.258 e. The standard InChI is InChI=1S/C19H18N4O4/c24-18(22-11-14-5-3-9-26-14)16(13-21-17-7-1-2-8-20-17)19(25)23-12-15-6-4-10-27-15/h1-10,13H,11-12H2,(H,20,21)(H,22,24)(H,23,25). The zero-order chi connectivity index (χ0) is 18.9. The molecule has 8 nitrogen and oxygen atoms in total. The Morgan fingerprint density at radius 1 is 0.889 bits per heavy atom. The summed E-state index contributed by atoms with van der Waals surface area (Å²) in [4.78, 5) is 29.1. The topological polar surface area (TPSA) is 109 Å². The molecule has 0 atom stereocenters. The number of nitrogens with one attached hydrogen (secondary N) is 3. The molecule has 0 saturated carbocycles. The first-order chi connectivity index (χ1) is 13.2. The van der Waals surface area contributed by atoms with Crippen LogP contribution in [0.25, 0.3) is 0 Å². The number of amides is 2. The molecule has 0 radical (unpaired) electrons. The Morgan fingerprint density at radius 3 is 2.00 bits per heavy atom. The number of hydrogen-bond donors (Lipinski definition) is 3. The number of rotatable bonds is 8. The van der Waals surface area contributed by atoms with Gasteiger partial charge in [-0.1, -0.05) is 6.07 Å². The highest BCUT2D eigenvalue weighted by atomic mass is 16.3. The van der Waals surface area contributed by atoms with E-state index in [1.54, 1.807) is 48.7 Å². The maximum absolute atomic E-state index is 12.5. The van der Waals surface area contributed by atoms with Gasteiger partial charge in [0, 0.05) is 12.4 Å². The first-order valence-electron chi connectivity index (χ1n) is 8.21. The van der Waals surface area contributed by atoms with E-state index < -0.39 is 11.8 Å². The third kappa shape index (κ3) is 5.33. The minimum Gasteiger partial charge on any atom is -0.467 e. The van der Waals surface area contributed by atoms with Crippen LogP contribution < -0.4 is 16.0 Å². The molecule has 0 saturated heterocycles. The van der Waals surface area contributed by atoms with E-state index in [0.29, 0.717) is 17.3 Å². The Hall–Kier alpha value is -3.81. The maximum atomic E-state index is 12.5. The quantitative estimate of drug-likeness (QED) is 0.320. The fraction of sp³-hybridized carbons (Fsp3) is 0.105. The number of furan rings is 2. The number of aromatic nitrogens is 1. The van der Waals surface area contributed by atoms with E-state index in [9.17, 15) is 9.59 Å². The second-order valence-electron chi connectivity index (χ2n) is 5.44. The highest BCUT2D eigenvalue weighted by Crippen LogP contribution is 2.05. The zero-order valence-electron chi connectivity index (χ0n) is 14.3. The largest absolute Gasteiger partial charge is 0.467 e. The number of nitrogens with zero attached hydrogens (tertiary/aromatic N) is 1. The molecule has 3 aromatic rings. The zero-order valence-corrected chi connectivity index (χ0v) is 14.3. The van der Waals surface area contributed by atoms with Crippen LogP contribution in [0.3, 0.4) is 0 Å². The van der Waals surface area contributed by atoms with Gasteiger partial charge in [0.2, 0.25) is 0 Å². The minimum atomic E-state index is -0.549. The van der Waals surface area contributed by atoms with Gasteiger partial charge in [-0.25, -0.2) is 4.98 Å². The predicted octanol–water partition coefficient (Wildman–Crippen LogP) is 2.20. The van der Waals surface area contributed by atoms with Crippen molar-refractivity contribution in [2.45, 2.75) is 13.1 Å². The molecule has 8 heteroatoms. The van der Waals surface area contributed by atoms with Crippen molar-refractivity contribution in [3.8, 4) is 0 Å². The molecule has 27 heavy (non-hydrogen) atoms. The normalized spacial score (nSPS) is 10.1. The molecule has 2 amide bonds. The molecule has 0 spiro atoms. The van der Waals surface area contributed by atoms with Gasteiger partial charge >= 0.3 is 0 Å². The summed E-state index contributed by atoms with van der Waals surface area (Å²) in [5.74, 6) is 0.568. The van der Waals surface area contributed by atoms with Gasteiger partial charge in [0.15, 0.2) is 0 Å². The maximum Gasteiger partial charge on any atom is 0.258 e. The summed E-state index contributed by atoms with van der Waals surface area (Å²) >= 11 is 0. The van der Waals surface area contributed by atoms with E-state index in [4.69, 9.17) is 8.83 Å². The molecule has 3 N–H and O–H groups in total. The summed E-state index contributed by atoms with van der Waals surface area (Å²) in [5.41, 5.74) is -0.0984. The van der Waals surface area contributed by atoms with Crippen LogP contribution in [-0.2, 0) is 22.7 Å². The third-order valence-corrected chi connectivity index (χ3v) is 3.53. The lowest BCUT2D eigenvalue weighted by Crippen LogP contribution is -2.34. The molecule has 0 aliphatic heterocycles. The third-order valence-electron chi connectivity index (χ3n) is 3.53. The molecule has 138 valence electrons. The lowest BCUT2D eigenvalue weighted by atomic mass is 10.2. The van der Waals surface area contributed by atoms with Gasteiger partial charge in [-0.15, -0.1) is 0 Å². The highest BCUT2D eigenvalue weighted by Gasteiger charge is 2.19. The first-order valence-corrected chi connectivity index (χ1v) is 8.21. The van der Waals surface area contributed by atoms with E-state index in [1.165, 1.54) is 18.7 Å². The second kappa shape index (κ2) is 9.04. The van der Waals surface area contributed by atoms with Gasteiger partial charge in [-0.3, -0.25) is 9.59 Å². The van der Waals surface area contributed by atoms with Crippen molar-refractivity contribution in [1.82, 2.24) is 15.6 Å². The predicted molar refractivity (Wildman–Crippen MR) is 97.1 cm³/mol. The van der Waals surface area contributed by atoms with Crippen LogP contribution in [0, 0.1) is 0 Å². The van der Waals surface area contributed by atoms with Gasteiger partial charge in [0.05, 0.1) is 25.6 Å². The fourth-order valence-corrected chi connectivity index (χ4v) is 2.18. The molecule has 3 heterocycles.